The molecule has 24 heavy (non-hydrogen) atoms. The van der Waals surface area contributed by atoms with Gasteiger partial charge in [0.05, 0.1) is 6.10 Å². The molecule has 2 N–H and O–H groups in total. The number of carbonyl (C=O) groups excluding carboxylic acids is 1. The van der Waals surface area contributed by atoms with E-state index in [2.05, 4.69) is 5.32 Å². The molecule has 0 heterocycles. The quantitative estimate of drug-likeness (QED) is 0.709. The molecule has 3 heteroatoms. The van der Waals surface area contributed by atoms with Crippen molar-refractivity contribution in [2.24, 2.45) is 5.92 Å². The number of aliphatic hydroxyl groups excluding tert-OH is 1. The first-order chi connectivity index (χ1) is 11.7. The molecule has 1 aromatic carbocycles. The van der Waals surface area contributed by atoms with Gasteiger partial charge in [0.15, 0.2) is 0 Å². The molecule has 0 aliphatic heterocycles. The van der Waals surface area contributed by atoms with Crippen LogP contribution in [0.1, 0.15) is 63.4 Å². The number of nitrogens with one attached hydrogen (secondary N) is 1. The van der Waals surface area contributed by atoms with Gasteiger partial charge in [0, 0.05) is 13.0 Å². The zero-order valence-electron chi connectivity index (χ0n) is 14.6. The Labute approximate surface area is 146 Å². The highest BCUT2D eigenvalue weighted by molar-refractivity contribution is 5.76. The molecule has 0 aromatic heterocycles. The highest BCUT2D eigenvalue weighted by atomic mass is 16.3. The van der Waals surface area contributed by atoms with E-state index in [1.165, 1.54) is 32.1 Å². The predicted octanol–water partition coefficient (Wildman–Crippen LogP) is 4.32. The van der Waals surface area contributed by atoms with E-state index in [4.69, 9.17) is 0 Å². The summed E-state index contributed by atoms with van der Waals surface area (Å²) in [6.07, 6.45) is 13.3. The third kappa shape index (κ3) is 7.78. The van der Waals surface area contributed by atoms with Crippen molar-refractivity contribution in [3.8, 4) is 0 Å². The molecule has 1 aliphatic rings. The average molecular weight is 329 g/mol. The second-order valence-electron chi connectivity index (χ2n) is 6.89. The summed E-state index contributed by atoms with van der Waals surface area (Å²) in [5.74, 6) is 0.815. The Balaban J connectivity index is 1.53. The summed E-state index contributed by atoms with van der Waals surface area (Å²) in [4.78, 5) is 11.8. The van der Waals surface area contributed by atoms with E-state index in [-0.39, 0.29) is 12.0 Å². The van der Waals surface area contributed by atoms with Gasteiger partial charge < -0.3 is 10.4 Å². The van der Waals surface area contributed by atoms with Crippen LogP contribution in [0.25, 0.3) is 6.08 Å². The fraction of sp³-hybridized carbons (Fsp3) is 0.571. The second-order valence-corrected chi connectivity index (χ2v) is 6.89. The first-order valence-corrected chi connectivity index (χ1v) is 9.40. The van der Waals surface area contributed by atoms with Gasteiger partial charge in [-0.15, -0.1) is 0 Å². The van der Waals surface area contributed by atoms with Crippen molar-refractivity contribution in [1.29, 1.82) is 0 Å². The lowest BCUT2D eigenvalue weighted by Crippen LogP contribution is -2.24. The lowest BCUT2D eigenvalue weighted by molar-refractivity contribution is -0.121. The van der Waals surface area contributed by atoms with E-state index in [1.807, 2.05) is 42.5 Å². The van der Waals surface area contributed by atoms with Gasteiger partial charge in [-0.2, -0.15) is 0 Å². The molecule has 132 valence electrons. The van der Waals surface area contributed by atoms with Gasteiger partial charge in [-0.05, 0) is 30.7 Å². The molecule has 0 spiro atoms. The first-order valence-electron chi connectivity index (χ1n) is 9.40. The minimum Gasteiger partial charge on any atom is -0.393 e. The molecular formula is C21H31NO2. The predicted molar refractivity (Wildman–Crippen MR) is 99.5 cm³/mol. The number of carbonyl (C=O) groups is 1. The van der Waals surface area contributed by atoms with Crippen molar-refractivity contribution in [2.45, 2.75) is 63.9 Å². The molecule has 1 atom stereocenters. The fourth-order valence-corrected chi connectivity index (χ4v) is 3.37. The fourth-order valence-electron chi connectivity index (χ4n) is 3.37. The SMILES string of the molecule is O=C(CC[C@@H](O)CCC1CCCCC1)NCC=Cc1ccccc1. The van der Waals surface area contributed by atoms with Crippen molar-refractivity contribution in [3.63, 3.8) is 0 Å². The molecule has 0 bridgehead atoms. The number of amides is 1. The van der Waals surface area contributed by atoms with Crippen LogP contribution in [-0.2, 0) is 4.79 Å². The summed E-state index contributed by atoms with van der Waals surface area (Å²) in [5.41, 5.74) is 1.13. The highest BCUT2D eigenvalue weighted by Crippen LogP contribution is 2.28. The first kappa shape index (κ1) is 18.7. The van der Waals surface area contributed by atoms with Crippen molar-refractivity contribution in [3.05, 3.63) is 42.0 Å². The molecular weight excluding hydrogens is 298 g/mol. The van der Waals surface area contributed by atoms with E-state index < -0.39 is 0 Å². The monoisotopic (exact) mass is 329 g/mol. The molecule has 1 aliphatic carbocycles. The summed E-state index contributed by atoms with van der Waals surface area (Å²) in [5, 5.41) is 12.9. The molecule has 3 nitrogen and oxygen atoms in total. The number of benzene rings is 1. The molecule has 1 fully saturated rings. The number of hydrogen-bond acceptors (Lipinski definition) is 2. The Morgan fingerprint density at radius 1 is 1.17 bits per heavy atom. The average Bonchev–Trinajstić information content (AvgIpc) is 2.63. The largest absolute Gasteiger partial charge is 0.393 e. The lowest BCUT2D eigenvalue weighted by Gasteiger charge is -2.22. The molecule has 2 rings (SSSR count). The Hall–Kier alpha value is -1.61. The number of rotatable bonds is 9. The standard InChI is InChI=1S/C21H31NO2/c23-20(14-13-19-10-5-2-6-11-19)15-16-21(24)22-17-7-12-18-8-3-1-4-9-18/h1,3-4,7-9,12,19-20,23H,2,5-6,10-11,13-17H2,(H,22,24)/t20-/m0/s1. The van der Waals surface area contributed by atoms with Gasteiger partial charge in [0.25, 0.3) is 0 Å². The van der Waals surface area contributed by atoms with E-state index in [1.54, 1.807) is 0 Å². The molecule has 0 unspecified atom stereocenters. The van der Waals surface area contributed by atoms with E-state index in [0.29, 0.717) is 19.4 Å². The zero-order chi connectivity index (χ0) is 17.0. The normalized spacial score (nSPS) is 17.0. The van der Waals surface area contributed by atoms with Gasteiger partial charge in [-0.3, -0.25) is 4.79 Å². The maximum Gasteiger partial charge on any atom is 0.220 e. The number of aliphatic hydroxyl groups is 1. The lowest BCUT2D eigenvalue weighted by atomic mass is 9.85. The van der Waals surface area contributed by atoms with Gasteiger partial charge in [-0.1, -0.05) is 74.6 Å². The Kier molecular flexibility index (Phi) is 8.61. The van der Waals surface area contributed by atoms with E-state index >= 15 is 0 Å². The third-order valence-electron chi connectivity index (χ3n) is 4.86. The van der Waals surface area contributed by atoms with Crippen LogP contribution >= 0.6 is 0 Å². The van der Waals surface area contributed by atoms with Gasteiger partial charge in [0.1, 0.15) is 0 Å². The minimum atomic E-state index is -0.336. The van der Waals surface area contributed by atoms with Gasteiger partial charge in [0.2, 0.25) is 5.91 Å². The number of hydrogen-bond donors (Lipinski definition) is 2. The van der Waals surface area contributed by atoms with Crippen LogP contribution in [0, 0.1) is 5.92 Å². The molecule has 1 amide bonds. The topological polar surface area (TPSA) is 49.3 Å². The van der Waals surface area contributed by atoms with Gasteiger partial charge in [-0.25, -0.2) is 0 Å². The molecule has 0 radical (unpaired) electrons. The Morgan fingerprint density at radius 2 is 1.92 bits per heavy atom. The van der Waals surface area contributed by atoms with Crippen LogP contribution in [0.15, 0.2) is 36.4 Å². The molecule has 0 saturated heterocycles. The Morgan fingerprint density at radius 3 is 2.67 bits per heavy atom. The third-order valence-corrected chi connectivity index (χ3v) is 4.86. The molecule has 1 saturated carbocycles. The highest BCUT2D eigenvalue weighted by Gasteiger charge is 2.15. The van der Waals surface area contributed by atoms with E-state index in [9.17, 15) is 9.90 Å². The minimum absolute atomic E-state index is 0.0180. The smallest absolute Gasteiger partial charge is 0.220 e. The molecule has 1 aromatic rings. The summed E-state index contributed by atoms with van der Waals surface area (Å²) in [6, 6.07) is 10.0. The van der Waals surface area contributed by atoms with Crippen LogP contribution in [-0.4, -0.2) is 23.7 Å². The summed E-state index contributed by atoms with van der Waals surface area (Å²) in [7, 11) is 0. The van der Waals surface area contributed by atoms with Crippen molar-refractivity contribution in [2.75, 3.05) is 6.54 Å². The van der Waals surface area contributed by atoms with Crippen LogP contribution < -0.4 is 5.32 Å². The van der Waals surface area contributed by atoms with Crippen LogP contribution in [0.5, 0.6) is 0 Å². The van der Waals surface area contributed by atoms with Crippen LogP contribution in [0.2, 0.25) is 0 Å². The Bertz CT molecular complexity index is 492. The van der Waals surface area contributed by atoms with Crippen LogP contribution in [0.3, 0.4) is 0 Å². The van der Waals surface area contributed by atoms with Gasteiger partial charge >= 0.3 is 0 Å². The summed E-state index contributed by atoms with van der Waals surface area (Å²) < 4.78 is 0. The maximum absolute atomic E-state index is 11.8. The van der Waals surface area contributed by atoms with E-state index in [0.717, 1.165) is 24.3 Å². The zero-order valence-corrected chi connectivity index (χ0v) is 14.6. The van der Waals surface area contributed by atoms with Crippen molar-refractivity contribution < 1.29 is 9.90 Å². The second kappa shape index (κ2) is 11.0. The van der Waals surface area contributed by atoms with Crippen molar-refractivity contribution in [1.82, 2.24) is 5.32 Å². The maximum atomic E-state index is 11.8. The van der Waals surface area contributed by atoms with Crippen molar-refractivity contribution >= 4 is 12.0 Å². The summed E-state index contributed by atoms with van der Waals surface area (Å²) >= 11 is 0. The van der Waals surface area contributed by atoms with Crippen LogP contribution in [0.4, 0.5) is 0 Å². The summed E-state index contributed by atoms with van der Waals surface area (Å²) in [6.45, 7) is 0.534.